The molecule has 0 N–H and O–H groups in total. The Bertz CT molecular complexity index is 1460. The Morgan fingerprint density at radius 2 is 0.607 bits per heavy atom. The van der Waals surface area contributed by atoms with Crippen LogP contribution in [0.25, 0.3) is 53.9 Å². The van der Waals surface area contributed by atoms with Crippen LogP contribution in [0.2, 0.25) is 0 Å². The molecule has 6 rings (SSSR count). The van der Waals surface area contributed by atoms with Crippen LogP contribution in [0.15, 0.2) is 84.9 Å². The second kappa shape index (κ2) is 5.49. The van der Waals surface area contributed by atoms with E-state index >= 15 is 0 Å². The topological polar surface area (TPSA) is 0 Å². The van der Waals surface area contributed by atoms with E-state index in [-0.39, 0.29) is 11.6 Å². The standard InChI is InChI=1S/C26H14F2/c27-17-3-7-19-15(13-17)1-5-23-21(19)9-12-26-24-6-2-16-14-18(28)4-8-20(16)22(24)10-11-25(23)26/h1-14H. The van der Waals surface area contributed by atoms with E-state index in [4.69, 9.17) is 0 Å². The van der Waals surface area contributed by atoms with Crippen molar-refractivity contribution in [1.29, 1.82) is 0 Å². The minimum atomic E-state index is -0.220. The molecule has 0 radical (unpaired) electrons. The maximum Gasteiger partial charge on any atom is 0.123 e. The molecule has 0 aliphatic rings. The second-order valence-electron chi connectivity index (χ2n) is 7.28. The van der Waals surface area contributed by atoms with E-state index in [1.807, 2.05) is 24.3 Å². The number of hydrogen-bond acceptors (Lipinski definition) is 0. The molecule has 0 nitrogen and oxygen atoms in total. The summed E-state index contributed by atoms with van der Waals surface area (Å²) in [6, 6.07) is 26.5. The van der Waals surface area contributed by atoms with Gasteiger partial charge in [-0.05, 0) is 78.1 Å². The monoisotopic (exact) mass is 364 g/mol. The number of fused-ring (bicyclic) bond motifs is 9. The maximum absolute atomic E-state index is 13.6. The Kier molecular flexibility index (Phi) is 3.05. The van der Waals surface area contributed by atoms with Crippen molar-refractivity contribution in [3.63, 3.8) is 0 Å². The summed E-state index contributed by atoms with van der Waals surface area (Å²) >= 11 is 0. The molecule has 0 spiro atoms. The quantitative estimate of drug-likeness (QED) is 0.242. The van der Waals surface area contributed by atoms with Gasteiger partial charge in [-0.1, -0.05) is 60.7 Å². The molecule has 0 aromatic heterocycles. The average Bonchev–Trinajstić information content (AvgIpc) is 2.72. The predicted molar refractivity (Wildman–Crippen MR) is 114 cm³/mol. The summed E-state index contributed by atoms with van der Waals surface area (Å²) in [6.45, 7) is 0. The van der Waals surface area contributed by atoms with Crippen molar-refractivity contribution >= 4 is 53.9 Å². The van der Waals surface area contributed by atoms with E-state index in [1.165, 1.54) is 12.1 Å². The van der Waals surface area contributed by atoms with Crippen molar-refractivity contribution in [3.05, 3.63) is 96.6 Å². The van der Waals surface area contributed by atoms with Crippen LogP contribution in [0.5, 0.6) is 0 Å². The van der Waals surface area contributed by atoms with Crippen LogP contribution >= 0.6 is 0 Å². The van der Waals surface area contributed by atoms with Gasteiger partial charge in [0.2, 0.25) is 0 Å². The summed E-state index contributed by atoms with van der Waals surface area (Å²) in [5, 5.41) is 10.8. The lowest BCUT2D eigenvalue weighted by Crippen LogP contribution is -1.85. The van der Waals surface area contributed by atoms with Gasteiger partial charge in [0.05, 0.1) is 0 Å². The van der Waals surface area contributed by atoms with Gasteiger partial charge >= 0.3 is 0 Å². The summed E-state index contributed by atoms with van der Waals surface area (Å²) in [7, 11) is 0. The first-order valence-electron chi connectivity index (χ1n) is 9.25. The van der Waals surface area contributed by atoms with Crippen LogP contribution in [-0.4, -0.2) is 0 Å². The third-order valence-corrected chi connectivity index (χ3v) is 5.75. The van der Waals surface area contributed by atoms with Crippen LogP contribution in [0.1, 0.15) is 0 Å². The number of halogens is 2. The molecule has 0 atom stereocenters. The van der Waals surface area contributed by atoms with Crippen molar-refractivity contribution in [2.45, 2.75) is 0 Å². The van der Waals surface area contributed by atoms with Gasteiger partial charge in [0.1, 0.15) is 11.6 Å². The van der Waals surface area contributed by atoms with Gasteiger partial charge in [0, 0.05) is 0 Å². The van der Waals surface area contributed by atoms with E-state index in [1.54, 1.807) is 12.1 Å². The van der Waals surface area contributed by atoms with Crippen LogP contribution < -0.4 is 0 Å². The molecule has 28 heavy (non-hydrogen) atoms. The Balaban J connectivity index is 1.76. The molecule has 6 aromatic rings. The fourth-order valence-corrected chi connectivity index (χ4v) is 4.46. The molecule has 2 heteroatoms. The Labute approximate surface area is 159 Å². The minimum Gasteiger partial charge on any atom is -0.207 e. The number of benzene rings is 6. The molecule has 0 saturated carbocycles. The van der Waals surface area contributed by atoms with E-state index in [0.717, 1.165) is 53.9 Å². The van der Waals surface area contributed by atoms with Crippen molar-refractivity contribution in [2.75, 3.05) is 0 Å². The van der Waals surface area contributed by atoms with Crippen molar-refractivity contribution in [2.24, 2.45) is 0 Å². The van der Waals surface area contributed by atoms with Gasteiger partial charge in [-0.3, -0.25) is 0 Å². The normalized spacial score (nSPS) is 11.9. The van der Waals surface area contributed by atoms with E-state index in [2.05, 4.69) is 36.4 Å². The maximum atomic E-state index is 13.6. The van der Waals surface area contributed by atoms with E-state index < -0.39 is 0 Å². The largest absolute Gasteiger partial charge is 0.207 e. The highest BCUT2D eigenvalue weighted by atomic mass is 19.1. The van der Waals surface area contributed by atoms with Crippen LogP contribution in [-0.2, 0) is 0 Å². The lowest BCUT2D eigenvalue weighted by atomic mass is 9.92. The Morgan fingerprint density at radius 3 is 1.00 bits per heavy atom. The van der Waals surface area contributed by atoms with Gasteiger partial charge in [-0.15, -0.1) is 0 Å². The van der Waals surface area contributed by atoms with Crippen LogP contribution in [0, 0.1) is 11.6 Å². The summed E-state index contributed by atoms with van der Waals surface area (Å²) in [5.74, 6) is -0.441. The first-order valence-corrected chi connectivity index (χ1v) is 9.25. The third kappa shape index (κ3) is 2.09. The highest BCUT2D eigenvalue weighted by Gasteiger charge is 2.09. The fraction of sp³-hybridized carbons (Fsp3) is 0. The lowest BCUT2D eigenvalue weighted by molar-refractivity contribution is 0.629. The molecular formula is C26H14F2. The Hall–Kier alpha value is -3.52. The molecule has 0 bridgehead atoms. The zero-order valence-electron chi connectivity index (χ0n) is 14.8. The first kappa shape index (κ1) is 15.5. The second-order valence-corrected chi connectivity index (χ2v) is 7.28. The van der Waals surface area contributed by atoms with Crippen molar-refractivity contribution < 1.29 is 8.78 Å². The number of rotatable bonds is 0. The molecule has 0 aliphatic heterocycles. The first-order chi connectivity index (χ1) is 13.7. The summed E-state index contributed by atoms with van der Waals surface area (Å²) < 4.78 is 27.2. The molecule has 0 aliphatic carbocycles. The van der Waals surface area contributed by atoms with Gasteiger partial charge in [-0.2, -0.15) is 0 Å². The molecule has 0 saturated heterocycles. The van der Waals surface area contributed by atoms with E-state index in [0.29, 0.717) is 0 Å². The summed E-state index contributed by atoms with van der Waals surface area (Å²) in [6.07, 6.45) is 0. The number of hydrogen-bond donors (Lipinski definition) is 0. The highest BCUT2D eigenvalue weighted by molar-refractivity contribution is 6.24. The molecular weight excluding hydrogens is 350 g/mol. The summed E-state index contributed by atoms with van der Waals surface area (Å²) in [5.41, 5.74) is 0. The fourth-order valence-electron chi connectivity index (χ4n) is 4.46. The van der Waals surface area contributed by atoms with Crippen molar-refractivity contribution in [1.82, 2.24) is 0 Å². The van der Waals surface area contributed by atoms with E-state index in [9.17, 15) is 8.78 Å². The SMILES string of the molecule is Fc1ccc2c(ccc3c2ccc2c4ccc5cc(F)ccc5c4ccc32)c1. The molecule has 132 valence electrons. The van der Waals surface area contributed by atoms with Gasteiger partial charge in [0.15, 0.2) is 0 Å². The van der Waals surface area contributed by atoms with Gasteiger partial charge < -0.3 is 0 Å². The highest BCUT2D eigenvalue weighted by Crippen LogP contribution is 2.37. The van der Waals surface area contributed by atoms with Crippen LogP contribution in [0.3, 0.4) is 0 Å². The summed E-state index contributed by atoms with van der Waals surface area (Å²) in [4.78, 5) is 0. The molecule has 0 fully saturated rings. The zero-order chi connectivity index (χ0) is 18.8. The van der Waals surface area contributed by atoms with Gasteiger partial charge in [0.25, 0.3) is 0 Å². The molecule has 6 aromatic carbocycles. The molecule has 0 heterocycles. The van der Waals surface area contributed by atoms with Crippen molar-refractivity contribution in [3.8, 4) is 0 Å². The Morgan fingerprint density at radius 1 is 0.321 bits per heavy atom. The average molecular weight is 364 g/mol. The predicted octanol–water partition coefficient (Wildman–Crippen LogP) is 7.73. The lowest BCUT2D eigenvalue weighted by Gasteiger charge is -2.11. The smallest absolute Gasteiger partial charge is 0.123 e. The third-order valence-electron chi connectivity index (χ3n) is 5.75. The molecule has 0 unspecified atom stereocenters. The zero-order valence-corrected chi connectivity index (χ0v) is 14.8. The molecule has 0 amide bonds. The van der Waals surface area contributed by atoms with Crippen LogP contribution in [0.4, 0.5) is 8.78 Å². The minimum absolute atomic E-state index is 0.220. The van der Waals surface area contributed by atoms with Gasteiger partial charge in [-0.25, -0.2) is 8.78 Å².